The fraction of sp³-hybridized carbons (Fsp3) is 0.741. The molecular formula is C27H41BrN2O5S. The topological polar surface area (TPSA) is 87.1 Å². The summed E-state index contributed by atoms with van der Waals surface area (Å²) in [5, 5.41) is 10.2. The van der Waals surface area contributed by atoms with Crippen molar-refractivity contribution in [1.82, 2.24) is 9.80 Å². The van der Waals surface area contributed by atoms with E-state index in [1.54, 1.807) is 27.6 Å². The molecule has 3 saturated heterocycles. The molecule has 7 atom stereocenters. The molecule has 3 unspecified atom stereocenters. The third-order valence-electron chi connectivity index (χ3n) is 7.83. The van der Waals surface area contributed by atoms with Gasteiger partial charge in [-0.2, -0.15) is 0 Å². The molecule has 2 amide bonds. The van der Waals surface area contributed by atoms with Crippen molar-refractivity contribution in [1.29, 1.82) is 0 Å². The van der Waals surface area contributed by atoms with E-state index < -0.39 is 28.7 Å². The summed E-state index contributed by atoms with van der Waals surface area (Å²) >= 11 is 5.37. The van der Waals surface area contributed by atoms with Crippen LogP contribution in [0.2, 0.25) is 0 Å². The Bertz CT molecular complexity index is 867. The van der Waals surface area contributed by atoms with Crippen molar-refractivity contribution in [2.45, 2.75) is 86.3 Å². The lowest BCUT2D eigenvalue weighted by molar-refractivity contribution is -0.154. The summed E-state index contributed by atoms with van der Waals surface area (Å²) in [5.41, 5.74) is 0. The van der Waals surface area contributed by atoms with Gasteiger partial charge in [-0.25, -0.2) is 0 Å². The van der Waals surface area contributed by atoms with Crippen LogP contribution < -0.4 is 0 Å². The number of carbonyl (C=O) groups is 3. The van der Waals surface area contributed by atoms with Gasteiger partial charge in [-0.05, 0) is 45.4 Å². The normalized spacial score (nSPS) is 31.6. The third-order valence-corrected chi connectivity index (χ3v) is 11.0. The number of thioether (sulfide) groups is 1. The summed E-state index contributed by atoms with van der Waals surface area (Å²) in [4.78, 5) is 45.1. The van der Waals surface area contributed by atoms with Crippen molar-refractivity contribution >= 4 is 45.5 Å². The van der Waals surface area contributed by atoms with Gasteiger partial charge in [0, 0.05) is 22.7 Å². The highest BCUT2D eigenvalue weighted by Gasteiger charge is 2.76. The zero-order valence-corrected chi connectivity index (χ0v) is 24.3. The number of alkyl halides is 1. The Morgan fingerprint density at radius 3 is 2.53 bits per heavy atom. The molecule has 1 N–H and O–H groups in total. The number of amides is 2. The number of aliphatic hydroxyl groups excluding tert-OH is 1. The zero-order chi connectivity index (χ0) is 26.8. The predicted molar refractivity (Wildman–Crippen MR) is 147 cm³/mol. The lowest BCUT2D eigenvalue weighted by Gasteiger charge is -2.41. The van der Waals surface area contributed by atoms with Gasteiger partial charge in [0.15, 0.2) is 0 Å². The molecule has 0 aromatic carbocycles. The van der Waals surface area contributed by atoms with Crippen LogP contribution in [0, 0.1) is 17.8 Å². The maximum Gasteiger partial charge on any atom is 0.310 e. The van der Waals surface area contributed by atoms with Crippen LogP contribution in [0.15, 0.2) is 25.3 Å². The van der Waals surface area contributed by atoms with Gasteiger partial charge in [0.25, 0.3) is 0 Å². The molecule has 36 heavy (non-hydrogen) atoms. The van der Waals surface area contributed by atoms with Crippen LogP contribution >= 0.6 is 27.7 Å². The first-order valence-corrected chi connectivity index (χ1v) is 14.8. The molecule has 2 bridgehead atoms. The third kappa shape index (κ3) is 5.04. The average molecular weight is 586 g/mol. The summed E-state index contributed by atoms with van der Waals surface area (Å²) in [5.74, 6) is -2.06. The Kier molecular flexibility index (Phi) is 9.77. The smallest absolute Gasteiger partial charge is 0.310 e. The van der Waals surface area contributed by atoms with E-state index >= 15 is 0 Å². The fourth-order valence-electron chi connectivity index (χ4n) is 6.10. The SMILES string of the molecule is C=CCCCCOC(=O)[C@H]1[C@H]2C(=O)N([C@@H](CO)C(C)C)C(C(=O)N(CC=C)C(C)C)C23CC(Br)[C@@H]1S3. The van der Waals surface area contributed by atoms with Crippen LogP contribution in [0.5, 0.6) is 0 Å². The quantitative estimate of drug-likeness (QED) is 0.153. The Labute approximate surface area is 228 Å². The molecule has 0 aromatic rings. The maximum absolute atomic E-state index is 14.2. The number of esters is 1. The first-order valence-electron chi connectivity index (χ1n) is 13.0. The number of likely N-dealkylation sites (tertiary alicyclic amines) is 1. The molecular weight excluding hydrogens is 544 g/mol. The van der Waals surface area contributed by atoms with Crippen LogP contribution in [0.4, 0.5) is 0 Å². The van der Waals surface area contributed by atoms with E-state index in [0.29, 0.717) is 19.6 Å². The highest BCUT2D eigenvalue weighted by molar-refractivity contribution is 9.09. The highest BCUT2D eigenvalue weighted by atomic mass is 79.9. The molecule has 7 nitrogen and oxygen atoms in total. The molecule has 1 spiro atoms. The Balaban J connectivity index is 2.01. The lowest BCUT2D eigenvalue weighted by Crippen LogP contribution is -2.59. The summed E-state index contributed by atoms with van der Waals surface area (Å²) in [6, 6.07) is -1.38. The monoisotopic (exact) mass is 584 g/mol. The number of hydrogen-bond acceptors (Lipinski definition) is 6. The van der Waals surface area contributed by atoms with Crippen LogP contribution in [-0.2, 0) is 19.1 Å². The number of nitrogens with zero attached hydrogens (tertiary/aromatic N) is 2. The summed E-state index contributed by atoms with van der Waals surface area (Å²) < 4.78 is 4.93. The van der Waals surface area contributed by atoms with Gasteiger partial charge >= 0.3 is 5.97 Å². The van der Waals surface area contributed by atoms with Crippen molar-refractivity contribution in [2.24, 2.45) is 17.8 Å². The van der Waals surface area contributed by atoms with E-state index in [2.05, 4.69) is 29.1 Å². The van der Waals surface area contributed by atoms with E-state index in [9.17, 15) is 19.5 Å². The lowest BCUT2D eigenvalue weighted by atomic mass is 9.71. The van der Waals surface area contributed by atoms with E-state index in [0.717, 1.165) is 19.3 Å². The Morgan fingerprint density at radius 2 is 1.97 bits per heavy atom. The number of rotatable bonds is 13. The number of aliphatic hydroxyl groups is 1. The second-order valence-electron chi connectivity index (χ2n) is 10.7. The molecule has 3 heterocycles. The summed E-state index contributed by atoms with van der Waals surface area (Å²) in [7, 11) is 0. The molecule has 3 fully saturated rings. The van der Waals surface area contributed by atoms with Crippen molar-refractivity contribution in [3.63, 3.8) is 0 Å². The minimum absolute atomic E-state index is 0.0151. The van der Waals surface area contributed by atoms with Crippen LogP contribution in [0.25, 0.3) is 0 Å². The number of hydrogen-bond donors (Lipinski definition) is 1. The summed E-state index contributed by atoms with van der Waals surface area (Å²) in [6.07, 6.45) is 6.63. The molecule has 3 aliphatic rings. The number of carbonyl (C=O) groups excluding carboxylic acids is 3. The number of unbranched alkanes of at least 4 members (excludes halogenated alkanes) is 2. The van der Waals surface area contributed by atoms with Crippen molar-refractivity contribution < 1.29 is 24.2 Å². The molecule has 202 valence electrons. The molecule has 0 saturated carbocycles. The van der Waals surface area contributed by atoms with Gasteiger partial charge in [-0.1, -0.05) is 41.9 Å². The molecule has 0 aromatic heterocycles. The zero-order valence-electron chi connectivity index (χ0n) is 21.9. The first-order chi connectivity index (χ1) is 17.1. The number of ether oxygens (including phenoxy) is 1. The van der Waals surface area contributed by atoms with Gasteiger partial charge in [-0.3, -0.25) is 14.4 Å². The second-order valence-corrected chi connectivity index (χ2v) is 13.4. The van der Waals surface area contributed by atoms with E-state index in [1.165, 1.54) is 0 Å². The molecule has 9 heteroatoms. The first kappa shape index (κ1) is 29.2. The fourth-order valence-corrected chi connectivity index (χ4v) is 9.69. The van der Waals surface area contributed by atoms with Crippen molar-refractivity contribution in [3.8, 4) is 0 Å². The Hall–Kier alpha value is -1.32. The van der Waals surface area contributed by atoms with Crippen LogP contribution in [0.3, 0.4) is 0 Å². The van der Waals surface area contributed by atoms with E-state index in [-0.39, 0.29) is 46.4 Å². The van der Waals surface area contributed by atoms with Gasteiger partial charge in [0.1, 0.15) is 6.04 Å². The maximum atomic E-state index is 14.2. The van der Waals surface area contributed by atoms with E-state index in [4.69, 9.17) is 4.74 Å². The Morgan fingerprint density at radius 1 is 1.28 bits per heavy atom. The largest absolute Gasteiger partial charge is 0.465 e. The van der Waals surface area contributed by atoms with Crippen LogP contribution in [-0.4, -0.2) is 85.4 Å². The highest BCUT2D eigenvalue weighted by Crippen LogP contribution is 2.68. The number of halogens is 1. The van der Waals surface area contributed by atoms with Crippen molar-refractivity contribution in [2.75, 3.05) is 19.8 Å². The molecule has 0 aliphatic carbocycles. The number of allylic oxidation sites excluding steroid dienone is 1. The minimum Gasteiger partial charge on any atom is -0.465 e. The number of fused-ring (bicyclic) bond motifs is 1. The van der Waals surface area contributed by atoms with Gasteiger partial charge in [0.2, 0.25) is 11.8 Å². The van der Waals surface area contributed by atoms with Crippen LogP contribution in [0.1, 0.15) is 53.4 Å². The van der Waals surface area contributed by atoms with Gasteiger partial charge < -0.3 is 19.6 Å². The predicted octanol–water partition coefficient (Wildman–Crippen LogP) is 3.79. The average Bonchev–Trinajstić information content (AvgIpc) is 3.41. The minimum atomic E-state index is -0.766. The standard InChI is InChI=1S/C27H41BrN2O5S/c1-7-9-10-11-13-35-26(34)20-21-24(32)30(19(15-31)16(3)4)23(25(33)29(12-8-2)17(5)6)27(21)14-18(28)22(20)36-27/h7-8,16-23,31H,1-2,9-15H2,3-6H3/t18?,19-,20-,21-,22-,23?,27?/m0/s1. The van der Waals surface area contributed by atoms with Gasteiger partial charge in [-0.15, -0.1) is 24.9 Å². The second kappa shape index (κ2) is 12.0. The summed E-state index contributed by atoms with van der Waals surface area (Å²) in [6.45, 7) is 15.7. The van der Waals surface area contributed by atoms with E-state index in [1.807, 2.05) is 33.8 Å². The molecule has 3 aliphatic heterocycles. The van der Waals surface area contributed by atoms with Gasteiger partial charge in [0.05, 0.1) is 35.8 Å². The van der Waals surface area contributed by atoms with Crippen molar-refractivity contribution in [3.05, 3.63) is 25.3 Å². The molecule has 3 rings (SSSR count). The molecule has 0 radical (unpaired) electrons.